The predicted octanol–water partition coefficient (Wildman–Crippen LogP) is 2.49. The number of nitrogen functional groups attached to an aromatic ring is 1. The number of nitrogens with zero attached hydrogens (tertiary/aromatic N) is 3. The van der Waals surface area contributed by atoms with Crippen LogP contribution in [0.15, 0.2) is 18.2 Å². The zero-order chi connectivity index (χ0) is 14.3. The zero-order valence-corrected chi connectivity index (χ0v) is 12.0. The first kappa shape index (κ1) is 13.4. The monoisotopic (exact) mass is 276 g/mol. The van der Waals surface area contributed by atoms with E-state index in [1.54, 1.807) is 6.07 Å². The highest BCUT2D eigenvalue weighted by molar-refractivity contribution is 5.78. The third kappa shape index (κ3) is 2.38. The van der Waals surface area contributed by atoms with Crippen molar-refractivity contribution in [2.45, 2.75) is 32.9 Å². The smallest absolute Gasteiger partial charge is 0.201 e. The molecule has 3 rings (SSSR count). The van der Waals surface area contributed by atoms with Gasteiger partial charge in [0.1, 0.15) is 5.82 Å². The van der Waals surface area contributed by atoms with E-state index >= 15 is 0 Å². The lowest BCUT2D eigenvalue weighted by Crippen LogP contribution is -2.28. The molecule has 0 radical (unpaired) electrons. The number of aromatic nitrogens is 2. The minimum Gasteiger partial charge on any atom is -0.369 e. The van der Waals surface area contributed by atoms with Crippen LogP contribution in [-0.2, 0) is 6.54 Å². The van der Waals surface area contributed by atoms with Gasteiger partial charge in [-0.15, -0.1) is 0 Å². The first-order chi connectivity index (χ1) is 9.54. The Balaban J connectivity index is 1.84. The Bertz CT molecular complexity index is 620. The molecule has 1 aliphatic heterocycles. The van der Waals surface area contributed by atoms with E-state index in [0.717, 1.165) is 37.1 Å². The topological polar surface area (TPSA) is 47.1 Å². The number of anilines is 1. The molecule has 1 saturated heterocycles. The standard InChI is InChI=1S/C15H21FN4/c1-10(2)19-6-5-11(8-19)9-20-14-7-12(16)3-4-13(14)18-15(20)17/h3-4,7,10-11H,5-6,8-9H2,1-2H3,(H2,17,18). The average Bonchev–Trinajstić information content (AvgIpc) is 2.97. The van der Waals surface area contributed by atoms with Gasteiger partial charge in [0.05, 0.1) is 11.0 Å². The van der Waals surface area contributed by atoms with Gasteiger partial charge in [0.2, 0.25) is 5.95 Å². The van der Waals surface area contributed by atoms with Crippen LogP contribution in [0.4, 0.5) is 10.3 Å². The van der Waals surface area contributed by atoms with Crippen LogP contribution in [0.5, 0.6) is 0 Å². The maximum Gasteiger partial charge on any atom is 0.201 e. The fourth-order valence-electron chi connectivity index (χ4n) is 3.05. The summed E-state index contributed by atoms with van der Waals surface area (Å²) in [4.78, 5) is 6.78. The summed E-state index contributed by atoms with van der Waals surface area (Å²) in [6.07, 6.45) is 1.16. The Labute approximate surface area is 118 Å². The highest BCUT2D eigenvalue weighted by Gasteiger charge is 2.25. The van der Waals surface area contributed by atoms with Crippen molar-refractivity contribution in [2.24, 2.45) is 5.92 Å². The van der Waals surface area contributed by atoms with Crippen molar-refractivity contribution in [3.8, 4) is 0 Å². The molecule has 1 atom stereocenters. The molecule has 108 valence electrons. The minimum atomic E-state index is -0.242. The molecular formula is C15H21FN4. The normalized spacial score (nSPS) is 20.3. The Kier molecular flexibility index (Phi) is 3.38. The predicted molar refractivity (Wildman–Crippen MR) is 78.9 cm³/mol. The number of rotatable bonds is 3. The molecule has 1 aromatic carbocycles. The summed E-state index contributed by atoms with van der Waals surface area (Å²) < 4.78 is 15.4. The van der Waals surface area contributed by atoms with Crippen LogP contribution < -0.4 is 5.73 Å². The molecule has 0 amide bonds. The molecular weight excluding hydrogens is 255 g/mol. The van der Waals surface area contributed by atoms with Crippen molar-refractivity contribution in [3.05, 3.63) is 24.0 Å². The van der Waals surface area contributed by atoms with Crippen LogP contribution in [0.1, 0.15) is 20.3 Å². The van der Waals surface area contributed by atoms with Crippen molar-refractivity contribution in [1.82, 2.24) is 14.5 Å². The molecule has 1 unspecified atom stereocenters. The molecule has 0 bridgehead atoms. The Morgan fingerprint density at radius 3 is 2.95 bits per heavy atom. The molecule has 2 N–H and O–H groups in total. The van der Waals surface area contributed by atoms with Gasteiger partial charge in [-0.2, -0.15) is 0 Å². The minimum absolute atomic E-state index is 0.242. The Morgan fingerprint density at radius 2 is 2.25 bits per heavy atom. The molecule has 2 aromatic rings. The van der Waals surface area contributed by atoms with Gasteiger partial charge >= 0.3 is 0 Å². The van der Waals surface area contributed by atoms with Crippen molar-refractivity contribution in [2.75, 3.05) is 18.8 Å². The highest BCUT2D eigenvalue weighted by Crippen LogP contribution is 2.25. The van der Waals surface area contributed by atoms with Crippen molar-refractivity contribution in [1.29, 1.82) is 0 Å². The summed E-state index contributed by atoms with van der Waals surface area (Å²) in [6.45, 7) is 7.46. The largest absolute Gasteiger partial charge is 0.369 e. The van der Waals surface area contributed by atoms with E-state index in [4.69, 9.17) is 5.73 Å². The van der Waals surface area contributed by atoms with Crippen molar-refractivity contribution in [3.63, 3.8) is 0 Å². The molecule has 1 aliphatic rings. The van der Waals surface area contributed by atoms with E-state index in [-0.39, 0.29) is 5.82 Å². The summed E-state index contributed by atoms with van der Waals surface area (Å²) in [6, 6.07) is 5.21. The van der Waals surface area contributed by atoms with Crippen LogP contribution in [0, 0.1) is 11.7 Å². The number of likely N-dealkylation sites (tertiary alicyclic amines) is 1. The Hall–Kier alpha value is -1.62. The van der Waals surface area contributed by atoms with Gasteiger partial charge in [0.25, 0.3) is 0 Å². The molecule has 0 aliphatic carbocycles. The van der Waals surface area contributed by atoms with E-state index < -0.39 is 0 Å². The lowest BCUT2D eigenvalue weighted by molar-refractivity contribution is 0.261. The SMILES string of the molecule is CC(C)N1CCC(Cn2c(N)nc3ccc(F)cc32)C1. The summed E-state index contributed by atoms with van der Waals surface area (Å²) >= 11 is 0. The van der Waals surface area contributed by atoms with Crippen molar-refractivity contribution < 1.29 is 4.39 Å². The van der Waals surface area contributed by atoms with Crippen LogP contribution in [-0.4, -0.2) is 33.6 Å². The summed E-state index contributed by atoms with van der Waals surface area (Å²) in [5.74, 6) is 0.794. The second kappa shape index (κ2) is 5.05. The molecule has 20 heavy (non-hydrogen) atoms. The van der Waals surface area contributed by atoms with E-state index in [2.05, 4.69) is 23.7 Å². The van der Waals surface area contributed by atoms with E-state index in [1.807, 2.05) is 4.57 Å². The zero-order valence-electron chi connectivity index (χ0n) is 12.0. The van der Waals surface area contributed by atoms with Gasteiger partial charge in [0.15, 0.2) is 0 Å². The number of hydrogen-bond donors (Lipinski definition) is 1. The Morgan fingerprint density at radius 1 is 1.45 bits per heavy atom. The van der Waals surface area contributed by atoms with Gasteiger partial charge in [-0.1, -0.05) is 0 Å². The molecule has 1 fully saturated rings. The summed E-state index contributed by atoms with van der Waals surface area (Å²) in [5, 5.41) is 0. The number of benzene rings is 1. The quantitative estimate of drug-likeness (QED) is 0.937. The number of hydrogen-bond acceptors (Lipinski definition) is 3. The van der Waals surface area contributed by atoms with E-state index in [9.17, 15) is 4.39 Å². The third-order valence-corrected chi connectivity index (χ3v) is 4.23. The third-order valence-electron chi connectivity index (χ3n) is 4.23. The first-order valence-corrected chi connectivity index (χ1v) is 7.20. The summed E-state index contributed by atoms with van der Waals surface area (Å²) in [7, 11) is 0. The maximum absolute atomic E-state index is 13.4. The molecule has 4 nitrogen and oxygen atoms in total. The van der Waals surface area contributed by atoms with Gasteiger partial charge < -0.3 is 15.2 Å². The second-order valence-electron chi connectivity index (χ2n) is 5.96. The maximum atomic E-state index is 13.4. The number of fused-ring (bicyclic) bond motifs is 1. The highest BCUT2D eigenvalue weighted by atomic mass is 19.1. The average molecular weight is 276 g/mol. The molecule has 2 heterocycles. The number of nitrogens with two attached hydrogens (primary N) is 1. The number of halogens is 1. The fourth-order valence-corrected chi connectivity index (χ4v) is 3.05. The van der Waals surface area contributed by atoms with Gasteiger partial charge in [0, 0.05) is 19.1 Å². The van der Waals surface area contributed by atoms with Gasteiger partial charge in [-0.3, -0.25) is 0 Å². The fraction of sp³-hybridized carbons (Fsp3) is 0.533. The van der Waals surface area contributed by atoms with Crippen LogP contribution in [0.3, 0.4) is 0 Å². The van der Waals surface area contributed by atoms with Crippen LogP contribution in [0.25, 0.3) is 11.0 Å². The lowest BCUT2D eigenvalue weighted by Gasteiger charge is -2.20. The van der Waals surface area contributed by atoms with E-state index in [1.165, 1.54) is 12.1 Å². The summed E-state index contributed by atoms with van der Waals surface area (Å²) in [5.41, 5.74) is 7.55. The molecule has 1 aromatic heterocycles. The molecule has 0 saturated carbocycles. The van der Waals surface area contributed by atoms with Crippen LogP contribution in [0.2, 0.25) is 0 Å². The second-order valence-corrected chi connectivity index (χ2v) is 5.96. The van der Waals surface area contributed by atoms with Gasteiger partial charge in [-0.25, -0.2) is 9.37 Å². The number of imidazole rings is 1. The first-order valence-electron chi connectivity index (χ1n) is 7.20. The molecule has 5 heteroatoms. The van der Waals surface area contributed by atoms with Crippen LogP contribution >= 0.6 is 0 Å². The van der Waals surface area contributed by atoms with Crippen molar-refractivity contribution >= 4 is 17.0 Å². The lowest BCUT2D eigenvalue weighted by atomic mass is 10.1. The molecule has 0 spiro atoms. The van der Waals surface area contributed by atoms with Gasteiger partial charge in [-0.05, 0) is 50.9 Å². The van der Waals surface area contributed by atoms with E-state index in [0.29, 0.717) is 17.9 Å².